The molecule has 2 unspecified atom stereocenters. The van der Waals surface area contributed by atoms with Gasteiger partial charge in [-0.2, -0.15) is 0 Å². The number of hydrogen-bond acceptors (Lipinski definition) is 4. The van der Waals surface area contributed by atoms with E-state index in [1.165, 1.54) is 0 Å². The van der Waals surface area contributed by atoms with Crippen molar-refractivity contribution in [1.29, 1.82) is 0 Å². The molecule has 0 aromatic heterocycles. The Balaban J connectivity index is 0.00000264. The van der Waals surface area contributed by atoms with Crippen molar-refractivity contribution in [2.45, 2.75) is 39.3 Å². The molecule has 6 nitrogen and oxygen atoms in total. The summed E-state index contributed by atoms with van der Waals surface area (Å²) >= 11 is 0. The van der Waals surface area contributed by atoms with E-state index in [4.69, 9.17) is 10.5 Å². The van der Waals surface area contributed by atoms with Gasteiger partial charge in [0.15, 0.2) is 11.9 Å². The Hall–Kier alpha value is -1.79. The van der Waals surface area contributed by atoms with Gasteiger partial charge in [-0.1, -0.05) is 19.9 Å². The van der Waals surface area contributed by atoms with Crippen LogP contribution in [-0.2, 0) is 4.79 Å². The number of benzene rings is 1. The highest BCUT2D eigenvalue weighted by Crippen LogP contribution is 2.33. The molecule has 7 heteroatoms. The summed E-state index contributed by atoms with van der Waals surface area (Å²) < 4.78 is 5.60. The number of nitrogens with one attached hydrogen (secondary N) is 2. The SMILES string of the molecule is CC1Oc2c(cccc2C(=O)NC(C)(CN)C(C)C)NC1=O.Cl. The molecular weight excluding hydrogens is 318 g/mol. The lowest BCUT2D eigenvalue weighted by molar-refractivity contribution is -0.122. The first-order valence-corrected chi connectivity index (χ1v) is 7.41. The van der Waals surface area contributed by atoms with Crippen molar-refractivity contribution in [2.24, 2.45) is 11.7 Å². The Bertz CT molecular complexity index is 606. The smallest absolute Gasteiger partial charge is 0.265 e. The zero-order valence-electron chi connectivity index (χ0n) is 13.8. The minimum absolute atomic E-state index is 0. The fourth-order valence-electron chi connectivity index (χ4n) is 2.16. The van der Waals surface area contributed by atoms with Crippen LogP contribution in [-0.4, -0.2) is 30.0 Å². The minimum atomic E-state index is -0.632. The fraction of sp³-hybridized carbons (Fsp3) is 0.500. The molecule has 1 aliphatic rings. The summed E-state index contributed by atoms with van der Waals surface area (Å²) in [5.41, 5.74) is 6.20. The second-order valence-corrected chi connectivity index (χ2v) is 6.16. The first-order valence-electron chi connectivity index (χ1n) is 7.41. The van der Waals surface area contributed by atoms with Gasteiger partial charge in [-0.15, -0.1) is 12.4 Å². The van der Waals surface area contributed by atoms with Gasteiger partial charge < -0.3 is 21.1 Å². The van der Waals surface area contributed by atoms with Crippen molar-refractivity contribution in [3.8, 4) is 5.75 Å². The maximum absolute atomic E-state index is 12.6. The number of halogens is 1. The van der Waals surface area contributed by atoms with E-state index in [1.807, 2.05) is 20.8 Å². The number of anilines is 1. The molecule has 2 amide bonds. The molecule has 0 radical (unpaired) electrons. The molecule has 4 N–H and O–H groups in total. The van der Waals surface area contributed by atoms with E-state index in [-0.39, 0.29) is 30.1 Å². The summed E-state index contributed by atoms with van der Waals surface area (Å²) in [5, 5.41) is 5.71. The van der Waals surface area contributed by atoms with Crippen LogP contribution in [0.1, 0.15) is 38.1 Å². The fourth-order valence-corrected chi connectivity index (χ4v) is 2.16. The molecule has 0 bridgehead atoms. The van der Waals surface area contributed by atoms with E-state index in [2.05, 4.69) is 10.6 Å². The minimum Gasteiger partial charge on any atom is -0.478 e. The van der Waals surface area contributed by atoms with Crippen molar-refractivity contribution in [1.82, 2.24) is 5.32 Å². The van der Waals surface area contributed by atoms with Crippen LogP contribution in [0.25, 0.3) is 0 Å². The number of ether oxygens (including phenoxy) is 1. The molecule has 0 saturated carbocycles. The molecule has 1 heterocycles. The Morgan fingerprint density at radius 2 is 2.13 bits per heavy atom. The van der Waals surface area contributed by atoms with Crippen molar-refractivity contribution in [2.75, 3.05) is 11.9 Å². The van der Waals surface area contributed by atoms with E-state index in [0.29, 0.717) is 23.5 Å². The largest absolute Gasteiger partial charge is 0.478 e. The summed E-state index contributed by atoms with van der Waals surface area (Å²) in [5.74, 6) is 0.0941. The van der Waals surface area contributed by atoms with E-state index in [1.54, 1.807) is 25.1 Å². The summed E-state index contributed by atoms with van der Waals surface area (Å²) in [6, 6.07) is 5.10. The van der Waals surface area contributed by atoms with Crippen molar-refractivity contribution in [3.05, 3.63) is 23.8 Å². The van der Waals surface area contributed by atoms with E-state index in [0.717, 1.165) is 0 Å². The van der Waals surface area contributed by atoms with Crippen LogP contribution < -0.4 is 21.1 Å². The Morgan fingerprint density at radius 3 is 2.70 bits per heavy atom. The summed E-state index contributed by atoms with van der Waals surface area (Å²) in [6.45, 7) is 7.90. The molecular formula is C16H24ClN3O3. The first-order chi connectivity index (χ1) is 10.3. The van der Waals surface area contributed by atoms with Gasteiger partial charge in [-0.3, -0.25) is 9.59 Å². The summed E-state index contributed by atoms with van der Waals surface area (Å²) in [7, 11) is 0. The highest BCUT2D eigenvalue weighted by Gasteiger charge is 2.32. The molecule has 1 aromatic rings. The highest BCUT2D eigenvalue weighted by atomic mass is 35.5. The first kappa shape index (κ1) is 19.3. The van der Waals surface area contributed by atoms with Gasteiger partial charge >= 0.3 is 0 Å². The molecule has 23 heavy (non-hydrogen) atoms. The van der Waals surface area contributed by atoms with Crippen LogP contribution in [0.3, 0.4) is 0 Å². The van der Waals surface area contributed by atoms with E-state index < -0.39 is 11.6 Å². The predicted molar refractivity (Wildman–Crippen MR) is 92.2 cm³/mol. The number of carbonyl (C=O) groups is 2. The standard InChI is InChI=1S/C16H23N3O3.ClH/c1-9(2)16(4,8-17)19-15(21)11-6-5-7-12-13(11)22-10(3)14(20)18-12;/h5-7,9-10H,8,17H2,1-4H3,(H,18,20)(H,19,21);1H. The lowest BCUT2D eigenvalue weighted by Gasteiger charge is -2.34. The zero-order valence-corrected chi connectivity index (χ0v) is 14.6. The molecule has 0 spiro atoms. The van der Waals surface area contributed by atoms with Gasteiger partial charge in [0.1, 0.15) is 0 Å². The summed E-state index contributed by atoms with van der Waals surface area (Å²) in [4.78, 5) is 24.3. The number of rotatable bonds is 4. The van der Waals surface area contributed by atoms with Crippen LogP contribution in [0.15, 0.2) is 18.2 Å². The Labute approximate surface area is 142 Å². The van der Waals surface area contributed by atoms with Crippen molar-refractivity contribution < 1.29 is 14.3 Å². The van der Waals surface area contributed by atoms with Crippen molar-refractivity contribution >= 4 is 29.9 Å². The number of carbonyl (C=O) groups excluding carboxylic acids is 2. The van der Waals surface area contributed by atoms with Crippen LogP contribution in [0.2, 0.25) is 0 Å². The maximum Gasteiger partial charge on any atom is 0.265 e. The predicted octanol–water partition coefficient (Wildman–Crippen LogP) is 1.93. The average molecular weight is 342 g/mol. The molecule has 0 saturated heterocycles. The molecule has 1 aliphatic heterocycles. The van der Waals surface area contributed by atoms with Crippen LogP contribution in [0.5, 0.6) is 5.75 Å². The maximum atomic E-state index is 12.6. The van der Waals surface area contributed by atoms with Gasteiger partial charge in [0, 0.05) is 6.54 Å². The lowest BCUT2D eigenvalue weighted by atomic mass is 9.88. The van der Waals surface area contributed by atoms with E-state index >= 15 is 0 Å². The quantitative estimate of drug-likeness (QED) is 0.780. The van der Waals surface area contributed by atoms with Gasteiger partial charge in [0.25, 0.3) is 11.8 Å². The number of hydrogen-bond donors (Lipinski definition) is 3. The van der Waals surface area contributed by atoms with Gasteiger partial charge in [-0.25, -0.2) is 0 Å². The highest BCUT2D eigenvalue weighted by molar-refractivity contribution is 6.04. The van der Waals surface area contributed by atoms with Gasteiger partial charge in [0.05, 0.1) is 16.8 Å². The molecule has 1 aromatic carbocycles. The number of fused-ring (bicyclic) bond motifs is 1. The van der Waals surface area contributed by atoms with Crippen LogP contribution >= 0.6 is 12.4 Å². The third-order valence-corrected chi connectivity index (χ3v) is 4.28. The van der Waals surface area contributed by atoms with Crippen molar-refractivity contribution in [3.63, 3.8) is 0 Å². The Kier molecular flexibility index (Phi) is 6.02. The zero-order chi connectivity index (χ0) is 16.5. The molecule has 128 valence electrons. The average Bonchev–Trinajstić information content (AvgIpc) is 2.47. The topological polar surface area (TPSA) is 93.4 Å². The number of para-hydroxylation sites is 1. The number of nitrogens with two attached hydrogens (primary N) is 1. The molecule has 2 rings (SSSR count). The second-order valence-electron chi connectivity index (χ2n) is 6.16. The van der Waals surface area contributed by atoms with Crippen LogP contribution in [0, 0.1) is 5.92 Å². The lowest BCUT2D eigenvalue weighted by Crippen LogP contribution is -2.55. The van der Waals surface area contributed by atoms with Gasteiger partial charge in [-0.05, 0) is 31.9 Å². The Morgan fingerprint density at radius 1 is 1.48 bits per heavy atom. The number of amides is 2. The third-order valence-electron chi connectivity index (χ3n) is 4.28. The molecule has 0 fully saturated rings. The molecule has 0 aliphatic carbocycles. The van der Waals surface area contributed by atoms with Crippen LogP contribution in [0.4, 0.5) is 5.69 Å². The monoisotopic (exact) mass is 341 g/mol. The van der Waals surface area contributed by atoms with E-state index in [9.17, 15) is 9.59 Å². The second kappa shape index (κ2) is 7.19. The molecule has 2 atom stereocenters. The normalized spacial score (nSPS) is 18.9. The van der Waals surface area contributed by atoms with Gasteiger partial charge in [0.2, 0.25) is 0 Å². The summed E-state index contributed by atoms with van der Waals surface area (Å²) in [6.07, 6.45) is -0.632. The third kappa shape index (κ3) is 3.76.